The molecule has 2 fully saturated rings. The Hall–Kier alpha value is -0.860. The average Bonchev–Trinajstić information content (AvgIpc) is 2.92. The summed E-state index contributed by atoms with van der Waals surface area (Å²) in [5.41, 5.74) is 8.12. The third-order valence-corrected chi connectivity index (χ3v) is 5.37. The van der Waals surface area contributed by atoms with Crippen LogP contribution in [0.25, 0.3) is 0 Å². The Balaban J connectivity index is 1.66. The maximum Gasteiger partial charge on any atom is 0.0470 e. The second-order valence-electron chi connectivity index (χ2n) is 6.41. The van der Waals surface area contributed by atoms with Gasteiger partial charge < -0.3 is 5.73 Å². The first kappa shape index (κ1) is 13.1. The van der Waals surface area contributed by atoms with E-state index >= 15 is 0 Å². The smallest absolute Gasteiger partial charge is 0.0470 e. The van der Waals surface area contributed by atoms with E-state index in [1.54, 1.807) is 0 Å². The quantitative estimate of drug-likeness (QED) is 0.901. The molecule has 2 N–H and O–H groups in total. The van der Waals surface area contributed by atoms with Crippen molar-refractivity contribution < 1.29 is 0 Å². The lowest BCUT2D eigenvalue weighted by Crippen LogP contribution is -2.43. The van der Waals surface area contributed by atoms with E-state index in [4.69, 9.17) is 5.73 Å². The van der Waals surface area contributed by atoms with Crippen LogP contribution < -0.4 is 5.73 Å². The maximum atomic E-state index is 6.04. The third kappa shape index (κ3) is 2.70. The molecule has 1 spiro atoms. The molecule has 104 valence electrons. The summed E-state index contributed by atoms with van der Waals surface area (Å²) < 4.78 is 0. The molecule has 0 aromatic heterocycles. The first-order chi connectivity index (χ1) is 9.33. The summed E-state index contributed by atoms with van der Waals surface area (Å²) in [7, 11) is 0. The van der Waals surface area contributed by atoms with E-state index in [9.17, 15) is 0 Å². The lowest BCUT2D eigenvalue weighted by Gasteiger charge is -2.42. The van der Waals surface area contributed by atoms with Crippen molar-refractivity contribution in [2.75, 3.05) is 19.6 Å². The van der Waals surface area contributed by atoms with Gasteiger partial charge in [-0.15, -0.1) is 0 Å². The van der Waals surface area contributed by atoms with Crippen molar-refractivity contribution in [2.24, 2.45) is 11.1 Å². The van der Waals surface area contributed by atoms with Gasteiger partial charge in [0.1, 0.15) is 0 Å². The van der Waals surface area contributed by atoms with Crippen molar-refractivity contribution in [3.05, 3.63) is 35.9 Å². The Morgan fingerprint density at radius 2 is 1.63 bits per heavy atom. The zero-order valence-electron chi connectivity index (χ0n) is 11.9. The monoisotopic (exact) mass is 258 g/mol. The zero-order chi connectivity index (χ0) is 13.1. The van der Waals surface area contributed by atoms with Gasteiger partial charge >= 0.3 is 0 Å². The average molecular weight is 258 g/mol. The van der Waals surface area contributed by atoms with E-state index in [0.29, 0.717) is 11.5 Å². The highest BCUT2D eigenvalue weighted by molar-refractivity contribution is 5.19. The van der Waals surface area contributed by atoms with Crippen molar-refractivity contribution in [3.8, 4) is 0 Å². The van der Waals surface area contributed by atoms with Gasteiger partial charge in [0.2, 0.25) is 0 Å². The minimum absolute atomic E-state index is 0.417. The number of piperidine rings is 1. The van der Waals surface area contributed by atoms with Crippen LogP contribution in [0.1, 0.15) is 50.1 Å². The van der Waals surface area contributed by atoms with Gasteiger partial charge in [-0.2, -0.15) is 0 Å². The number of benzene rings is 1. The minimum Gasteiger partial charge on any atom is -0.329 e. The van der Waals surface area contributed by atoms with Crippen molar-refractivity contribution in [1.29, 1.82) is 0 Å². The molecule has 0 radical (unpaired) electrons. The second-order valence-corrected chi connectivity index (χ2v) is 6.41. The molecule has 1 atom stereocenters. The maximum absolute atomic E-state index is 6.04. The van der Waals surface area contributed by atoms with Gasteiger partial charge in [-0.25, -0.2) is 0 Å². The summed E-state index contributed by atoms with van der Waals surface area (Å²) >= 11 is 0. The predicted molar refractivity (Wildman–Crippen MR) is 79.9 cm³/mol. The molecule has 1 aliphatic heterocycles. The van der Waals surface area contributed by atoms with Crippen LogP contribution in [-0.2, 0) is 0 Å². The molecule has 0 amide bonds. The molecule has 1 unspecified atom stereocenters. The standard InChI is InChI=1S/C17H26N2/c18-14-16(15-6-2-1-3-7-15)19-12-10-17(11-13-19)8-4-5-9-17/h1-3,6-7,16H,4-5,8-14,18H2. The zero-order valence-corrected chi connectivity index (χ0v) is 11.9. The van der Waals surface area contributed by atoms with Crippen LogP contribution in [0, 0.1) is 5.41 Å². The van der Waals surface area contributed by atoms with Gasteiger partial charge in [-0.1, -0.05) is 43.2 Å². The number of hydrogen-bond donors (Lipinski definition) is 1. The highest BCUT2D eigenvalue weighted by Crippen LogP contribution is 2.47. The van der Waals surface area contributed by atoms with Gasteiger partial charge in [-0.3, -0.25) is 4.90 Å². The highest BCUT2D eigenvalue weighted by atomic mass is 15.2. The molecule has 1 aliphatic carbocycles. The van der Waals surface area contributed by atoms with E-state index in [-0.39, 0.29) is 0 Å². The SMILES string of the molecule is NCC(c1ccccc1)N1CCC2(CCCC2)CC1. The number of nitrogens with two attached hydrogens (primary N) is 1. The topological polar surface area (TPSA) is 29.3 Å². The van der Waals surface area contributed by atoms with Crippen molar-refractivity contribution in [2.45, 2.75) is 44.6 Å². The first-order valence-corrected chi connectivity index (χ1v) is 7.82. The van der Waals surface area contributed by atoms with Gasteiger partial charge in [0.25, 0.3) is 0 Å². The fraction of sp³-hybridized carbons (Fsp3) is 0.647. The Morgan fingerprint density at radius 3 is 2.21 bits per heavy atom. The summed E-state index contributed by atoms with van der Waals surface area (Å²) in [4.78, 5) is 2.61. The molecule has 3 rings (SSSR count). The van der Waals surface area contributed by atoms with Gasteiger partial charge in [0.05, 0.1) is 0 Å². The Kier molecular flexibility index (Phi) is 3.90. The van der Waals surface area contributed by atoms with Crippen LogP contribution in [0.5, 0.6) is 0 Å². The Labute approximate surface area is 117 Å². The summed E-state index contributed by atoms with van der Waals surface area (Å²) in [6.45, 7) is 3.20. The van der Waals surface area contributed by atoms with Crippen LogP contribution in [-0.4, -0.2) is 24.5 Å². The molecule has 19 heavy (non-hydrogen) atoms. The lowest BCUT2D eigenvalue weighted by atomic mass is 9.76. The minimum atomic E-state index is 0.417. The molecular weight excluding hydrogens is 232 g/mol. The van der Waals surface area contributed by atoms with Crippen molar-refractivity contribution in [3.63, 3.8) is 0 Å². The first-order valence-electron chi connectivity index (χ1n) is 7.82. The normalized spacial score (nSPS) is 24.7. The van der Waals surface area contributed by atoms with E-state index in [2.05, 4.69) is 35.2 Å². The number of rotatable bonds is 3. The van der Waals surface area contributed by atoms with Crippen molar-refractivity contribution in [1.82, 2.24) is 4.90 Å². The van der Waals surface area contributed by atoms with E-state index in [1.807, 2.05) is 0 Å². The van der Waals surface area contributed by atoms with E-state index in [1.165, 1.54) is 57.2 Å². The molecule has 1 saturated heterocycles. The number of likely N-dealkylation sites (tertiary alicyclic amines) is 1. The third-order valence-electron chi connectivity index (χ3n) is 5.37. The summed E-state index contributed by atoms with van der Waals surface area (Å²) in [5.74, 6) is 0. The van der Waals surface area contributed by atoms with Crippen molar-refractivity contribution >= 4 is 0 Å². The van der Waals surface area contributed by atoms with E-state index < -0.39 is 0 Å². The lowest BCUT2D eigenvalue weighted by molar-refractivity contribution is 0.0780. The fourth-order valence-corrected chi connectivity index (χ4v) is 4.11. The molecular formula is C17H26N2. The van der Waals surface area contributed by atoms with Gasteiger partial charge in [-0.05, 0) is 49.8 Å². The Morgan fingerprint density at radius 1 is 1.00 bits per heavy atom. The molecule has 1 aromatic rings. The van der Waals surface area contributed by atoms with E-state index in [0.717, 1.165) is 6.54 Å². The van der Waals surface area contributed by atoms with Crippen LogP contribution in [0.2, 0.25) is 0 Å². The van der Waals surface area contributed by atoms with Crippen LogP contribution in [0.4, 0.5) is 0 Å². The van der Waals surface area contributed by atoms with Crippen LogP contribution in [0.15, 0.2) is 30.3 Å². The van der Waals surface area contributed by atoms with Gasteiger partial charge in [0.15, 0.2) is 0 Å². The molecule has 2 heteroatoms. The molecule has 2 aliphatic rings. The molecule has 1 saturated carbocycles. The highest BCUT2D eigenvalue weighted by Gasteiger charge is 2.38. The number of hydrogen-bond acceptors (Lipinski definition) is 2. The summed E-state index contributed by atoms with van der Waals surface area (Å²) in [5, 5.41) is 0. The van der Waals surface area contributed by atoms with Gasteiger partial charge in [0, 0.05) is 12.6 Å². The molecule has 0 bridgehead atoms. The Bertz CT molecular complexity index is 385. The molecule has 2 nitrogen and oxygen atoms in total. The fourth-order valence-electron chi connectivity index (χ4n) is 4.11. The van der Waals surface area contributed by atoms with Crippen LogP contribution in [0.3, 0.4) is 0 Å². The summed E-state index contributed by atoms with van der Waals surface area (Å²) in [6.07, 6.45) is 8.63. The molecule has 1 aromatic carbocycles. The number of nitrogens with zero attached hydrogens (tertiary/aromatic N) is 1. The molecule has 1 heterocycles. The van der Waals surface area contributed by atoms with Crippen LogP contribution >= 0.6 is 0 Å². The largest absolute Gasteiger partial charge is 0.329 e. The summed E-state index contributed by atoms with van der Waals surface area (Å²) in [6, 6.07) is 11.2. The predicted octanol–water partition coefficient (Wildman–Crippen LogP) is 3.34. The second kappa shape index (κ2) is 5.64.